The van der Waals surface area contributed by atoms with Gasteiger partial charge in [-0.3, -0.25) is 19.3 Å². The molecule has 0 saturated carbocycles. The molecule has 9 heteroatoms. The zero-order valence-electron chi connectivity index (χ0n) is 16.7. The molecular formula is C22H18N4O3S2. The van der Waals surface area contributed by atoms with Gasteiger partial charge in [0.05, 0.1) is 21.7 Å². The van der Waals surface area contributed by atoms with Crippen molar-refractivity contribution >= 4 is 56.7 Å². The average Bonchev–Trinajstić information content (AvgIpc) is 3.11. The van der Waals surface area contributed by atoms with Gasteiger partial charge in [0.2, 0.25) is 5.91 Å². The summed E-state index contributed by atoms with van der Waals surface area (Å²) in [7, 11) is 0. The first-order chi connectivity index (χ1) is 15.0. The molecule has 0 radical (unpaired) electrons. The number of anilines is 1. The number of imide groups is 1. The van der Waals surface area contributed by atoms with E-state index in [9.17, 15) is 14.4 Å². The molecule has 1 aromatic heterocycles. The summed E-state index contributed by atoms with van der Waals surface area (Å²) in [6.07, 6.45) is 0.504. The van der Waals surface area contributed by atoms with E-state index in [-0.39, 0.29) is 30.7 Å². The molecule has 0 fully saturated rings. The highest BCUT2D eigenvalue weighted by Gasteiger charge is 2.32. The Kier molecular flexibility index (Phi) is 6.02. The Morgan fingerprint density at radius 1 is 1.19 bits per heavy atom. The van der Waals surface area contributed by atoms with Gasteiger partial charge < -0.3 is 5.32 Å². The third kappa shape index (κ3) is 4.17. The van der Waals surface area contributed by atoms with Crippen molar-refractivity contribution in [2.24, 2.45) is 0 Å². The van der Waals surface area contributed by atoms with Crippen LogP contribution in [0.3, 0.4) is 0 Å². The summed E-state index contributed by atoms with van der Waals surface area (Å²) in [4.78, 5) is 43.6. The Labute approximate surface area is 187 Å². The number of aromatic nitrogens is 1. The number of thioether (sulfide) groups is 1. The first kappa shape index (κ1) is 21.0. The summed E-state index contributed by atoms with van der Waals surface area (Å²) in [5.41, 5.74) is 1.80. The van der Waals surface area contributed by atoms with Gasteiger partial charge in [-0.15, -0.1) is 0 Å². The van der Waals surface area contributed by atoms with Gasteiger partial charge in [-0.05, 0) is 30.9 Å². The second-order valence-electron chi connectivity index (χ2n) is 6.96. The van der Waals surface area contributed by atoms with Crippen LogP contribution in [0.1, 0.15) is 39.3 Å². The second-order valence-corrected chi connectivity index (χ2v) is 9.20. The van der Waals surface area contributed by atoms with E-state index >= 15 is 0 Å². The lowest BCUT2D eigenvalue weighted by molar-refractivity contribution is -0.116. The molecule has 0 aliphatic carbocycles. The molecule has 7 nitrogen and oxygen atoms in total. The van der Waals surface area contributed by atoms with Crippen molar-refractivity contribution in [2.75, 3.05) is 17.6 Å². The van der Waals surface area contributed by atoms with Crippen LogP contribution in [-0.2, 0) is 4.79 Å². The second kappa shape index (κ2) is 8.88. The lowest BCUT2D eigenvalue weighted by atomic mass is 9.94. The number of benzene rings is 2. The van der Waals surface area contributed by atoms with Crippen LogP contribution < -0.4 is 5.32 Å². The zero-order chi connectivity index (χ0) is 22.0. The summed E-state index contributed by atoms with van der Waals surface area (Å²) in [5, 5.41) is 13.5. The maximum atomic E-state index is 12.9. The van der Waals surface area contributed by atoms with Gasteiger partial charge in [-0.2, -0.15) is 5.26 Å². The Morgan fingerprint density at radius 3 is 2.52 bits per heavy atom. The molecule has 0 saturated heterocycles. The normalized spacial score (nSPS) is 12.8. The van der Waals surface area contributed by atoms with E-state index in [1.54, 1.807) is 24.3 Å². The van der Waals surface area contributed by atoms with E-state index in [2.05, 4.69) is 16.4 Å². The maximum absolute atomic E-state index is 12.9. The highest BCUT2D eigenvalue weighted by Crippen LogP contribution is 2.32. The summed E-state index contributed by atoms with van der Waals surface area (Å²) < 4.78 is 0.897. The van der Waals surface area contributed by atoms with Gasteiger partial charge in [0.15, 0.2) is 5.13 Å². The minimum Gasteiger partial charge on any atom is -0.302 e. The molecule has 0 spiro atoms. The first-order valence-corrected chi connectivity index (χ1v) is 11.4. The number of nitrogens with zero attached hydrogens (tertiary/aromatic N) is 3. The molecule has 2 aromatic carbocycles. The number of rotatable bonds is 7. The predicted molar refractivity (Wildman–Crippen MR) is 120 cm³/mol. The molecule has 1 N–H and O–H groups in total. The summed E-state index contributed by atoms with van der Waals surface area (Å²) >= 11 is 2.72. The number of aryl methyl sites for hydroxylation is 1. The van der Waals surface area contributed by atoms with Crippen LogP contribution in [0.5, 0.6) is 0 Å². The number of carbonyl (C=O) groups excluding carboxylic acids is 3. The van der Waals surface area contributed by atoms with Crippen molar-refractivity contribution in [1.29, 1.82) is 5.26 Å². The number of amides is 3. The molecule has 2 heterocycles. The third-order valence-electron chi connectivity index (χ3n) is 4.91. The fourth-order valence-electron chi connectivity index (χ4n) is 3.53. The molecule has 156 valence electrons. The minimum absolute atomic E-state index is 0.155. The van der Waals surface area contributed by atoms with Crippen molar-refractivity contribution in [1.82, 2.24) is 9.88 Å². The summed E-state index contributed by atoms with van der Waals surface area (Å²) in [5.74, 6) is -0.565. The molecule has 3 amide bonds. The number of nitriles is 1. The van der Waals surface area contributed by atoms with Crippen molar-refractivity contribution in [2.45, 2.75) is 24.0 Å². The maximum Gasteiger partial charge on any atom is 0.261 e. The quantitative estimate of drug-likeness (QED) is 0.427. The Balaban J connectivity index is 1.38. The summed E-state index contributed by atoms with van der Waals surface area (Å²) in [6, 6.07) is 12.9. The first-order valence-electron chi connectivity index (χ1n) is 9.64. The van der Waals surface area contributed by atoms with Gasteiger partial charge in [-0.25, -0.2) is 4.98 Å². The highest BCUT2D eigenvalue weighted by molar-refractivity contribution is 8.01. The van der Waals surface area contributed by atoms with Gasteiger partial charge >= 0.3 is 0 Å². The van der Waals surface area contributed by atoms with E-state index in [1.165, 1.54) is 28.0 Å². The van der Waals surface area contributed by atoms with Gasteiger partial charge in [0.1, 0.15) is 0 Å². The molecule has 0 atom stereocenters. The minimum atomic E-state index is -0.329. The molecule has 1 aliphatic rings. The van der Waals surface area contributed by atoms with E-state index in [0.29, 0.717) is 33.8 Å². The number of hydrogen-bond donors (Lipinski definition) is 1. The smallest absolute Gasteiger partial charge is 0.261 e. The molecule has 0 bridgehead atoms. The van der Waals surface area contributed by atoms with Crippen molar-refractivity contribution in [3.05, 3.63) is 53.2 Å². The van der Waals surface area contributed by atoms with E-state index in [4.69, 9.17) is 5.26 Å². The van der Waals surface area contributed by atoms with Crippen LogP contribution in [0, 0.1) is 18.3 Å². The molecule has 0 unspecified atom stereocenters. The standard InChI is InChI=1S/C22H18N4O3S2/c1-13-21(30-12-10-23)31-22(24-13)25-17(27)9-4-11-26-19(28)15-7-2-5-14-6-3-8-16(18(14)15)20(26)29/h2-3,5-8H,4,9,11-12H2,1H3,(H,24,25,27). The van der Waals surface area contributed by atoms with Crippen LogP contribution in [0.4, 0.5) is 5.13 Å². The lowest BCUT2D eigenvalue weighted by Crippen LogP contribution is -2.41. The number of nitrogens with one attached hydrogen (secondary N) is 1. The zero-order valence-corrected chi connectivity index (χ0v) is 18.3. The Hall–Kier alpha value is -3.22. The monoisotopic (exact) mass is 450 g/mol. The topological polar surface area (TPSA) is 103 Å². The van der Waals surface area contributed by atoms with Crippen molar-refractivity contribution in [3.8, 4) is 6.07 Å². The van der Waals surface area contributed by atoms with Crippen LogP contribution in [0.25, 0.3) is 10.8 Å². The van der Waals surface area contributed by atoms with E-state index in [1.807, 2.05) is 19.1 Å². The van der Waals surface area contributed by atoms with Crippen LogP contribution in [0.15, 0.2) is 40.6 Å². The van der Waals surface area contributed by atoms with Gasteiger partial charge in [0.25, 0.3) is 11.8 Å². The Morgan fingerprint density at radius 2 is 1.87 bits per heavy atom. The van der Waals surface area contributed by atoms with E-state index < -0.39 is 0 Å². The van der Waals surface area contributed by atoms with E-state index in [0.717, 1.165) is 15.3 Å². The van der Waals surface area contributed by atoms with Gasteiger partial charge in [-0.1, -0.05) is 47.4 Å². The van der Waals surface area contributed by atoms with Gasteiger partial charge in [0, 0.05) is 29.5 Å². The Bertz CT molecular complexity index is 1190. The average molecular weight is 451 g/mol. The number of carbonyl (C=O) groups is 3. The van der Waals surface area contributed by atoms with Crippen LogP contribution >= 0.6 is 23.1 Å². The molecule has 31 heavy (non-hydrogen) atoms. The fourth-order valence-corrected chi connectivity index (χ4v) is 5.35. The van der Waals surface area contributed by atoms with Crippen molar-refractivity contribution in [3.63, 3.8) is 0 Å². The SMILES string of the molecule is Cc1nc(NC(=O)CCCN2C(=O)c3cccc4cccc(c34)C2=O)sc1SCC#N. The molecule has 4 rings (SSSR count). The van der Waals surface area contributed by atoms with Crippen LogP contribution in [0.2, 0.25) is 0 Å². The fraction of sp³-hybridized carbons (Fsp3) is 0.227. The van der Waals surface area contributed by atoms with Crippen LogP contribution in [-0.4, -0.2) is 39.9 Å². The van der Waals surface area contributed by atoms with Crippen molar-refractivity contribution < 1.29 is 14.4 Å². The third-order valence-corrected chi connectivity index (χ3v) is 7.21. The molecule has 3 aromatic rings. The largest absolute Gasteiger partial charge is 0.302 e. The molecule has 1 aliphatic heterocycles. The predicted octanol–water partition coefficient (Wildman–Crippen LogP) is 4.24. The highest BCUT2D eigenvalue weighted by atomic mass is 32.2. The number of hydrogen-bond acceptors (Lipinski definition) is 7. The number of thiazole rings is 1. The lowest BCUT2D eigenvalue weighted by Gasteiger charge is -2.27. The molecular weight excluding hydrogens is 432 g/mol. The summed E-state index contributed by atoms with van der Waals surface area (Å²) in [6.45, 7) is 1.99.